The average Bonchev–Trinajstić information content (AvgIpc) is 3.25. The molecule has 8 nitrogen and oxygen atoms in total. The van der Waals surface area contributed by atoms with Crippen molar-refractivity contribution in [1.29, 1.82) is 0 Å². The molecule has 176 valence electrons. The number of halogens is 3. The molecule has 3 heterocycles. The number of nitrogens with zero attached hydrogens (tertiary/aromatic N) is 5. The number of rotatable bonds is 4. The van der Waals surface area contributed by atoms with Gasteiger partial charge in [0.25, 0.3) is 0 Å². The third kappa shape index (κ3) is 5.31. The Morgan fingerprint density at radius 3 is 2.39 bits per heavy atom. The first-order chi connectivity index (χ1) is 15.7. The molecular weight excluding hydrogens is 437 g/mol. The molecule has 1 aromatic heterocycles. The van der Waals surface area contributed by atoms with Crippen LogP contribution in [0, 0.1) is 6.92 Å². The van der Waals surface area contributed by atoms with Crippen molar-refractivity contribution >= 4 is 11.7 Å². The highest BCUT2D eigenvalue weighted by molar-refractivity contribution is 6.06. The van der Waals surface area contributed by atoms with Crippen LogP contribution in [0.1, 0.15) is 35.5 Å². The number of carbonyl (C=O) groups is 1. The van der Waals surface area contributed by atoms with Crippen molar-refractivity contribution in [3.8, 4) is 0 Å². The molecule has 2 aliphatic rings. The summed E-state index contributed by atoms with van der Waals surface area (Å²) in [5, 5.41) is 8.76. The number of hydrazone groups is 1. The van der Waals surface area contributed by atoms with Crippen LogP contribution >= 0.6 is 0 Å². The van der Waals surface area contributed by atoms with E-state index in [2.05, 4.69) is 25.3 Å². The number of carbonyl (C=O) groups excluding carboxylic acids is 1. The maximum absolute atomic E-state index is 13.0. The molecule has 1 saturated heterocycles. The van der Waals surface area contributed by atoms with Crippen molar-refractivity contribution in [3.63, 3.8) is 0 Å². The molecule has 0 aliphatic carbocycles. The van der Waals surface area contributed by atoms with Gasteiger partial charge < -0.3 is 10.1 Å². The number of aromatic nitrogens is 2. The van der Waals surface area contributed by atoms with Crippen LogP contribution < -0.4 is 5.32 Å². The summed E-state index contributed by atoms with van der Waals surface area (Å²) in [6.45, 7) is 6.75. The van der Waals surface area contributed by atoms with Crippen LogP contribution in [0.4, 0.5) is 18.0 Å². The molecular formula is C22H25F3N6O2. The lowest BCUT2D eigenvalue weighted by molar-refractivity contribution is -0.145. The predicted octanol–water partition coefficient (Wildman–Crippen LogP) is 3.00. The highest BCUT2D eigenvalue weighted by Gasteiger charge is 2.37. The Morgan fingerprint density at radius 1 is 1.15 bits per heavy atom. The summed E-state index contributed by atoms with van der Waals surface area (Å²) in [5.41, 5.74) is 3.24. The summed E-state index contributed by atoms with van der Waals surface area (Å²) < 4.78 is 43.6. The van der Waals surface area contributed by atoms with Gasteiger partial charge in [-0.15, -0.1) is 0 Å². The Labute approximate surface area is 189 Å². The zero-order chi connectivity index (χ0) is 23.6. The van der Waals surface area contributed by atoms with Gasteiger partial charge in [0.1, 0.15) is 0 Å². The molecule has 0 spiro atoms. The molecule has 1 N–H and O–H groups in total. The molecule has 1 unspecified atom stereocenters. The molecule has 11 heteroatoms. The zero-order valence-electron chi connectivity index (χ0n) is 18.3. The fourth-order valence-electron chi connectivity index (χ4n) is 3.82. The Kier molecular flexibility index (Phi) is 6.61. The van der Waals surface area contributed by atoms with Gasteiger partial charge in [0.15, 0.2) is 0 Å². The number of urea groups is 1. The monoisotopic (exact) mass is 462 g/mol. The normalized spacial score (nSPS) is 20.5. The molecule has 2 aliphatic heterocycles. The van der Waals surface area contributed by atoms with Crippen molar-refractivity contribution in [2.45, 2.75) is 32.1 Å². The summed E-state index contributed by atoms with van der Waals surface area (Å²) in [7, 11) is 0. The van der Waals surface area contributed by atoms with Gasteiger partial charge in [-0.1, -0.05) is 29.8 Å². The van der Waals surface area contributed by atoms with Crippen molar-refractivity contribution < 1.29 is 22.7 Å². The average molecular weight is 462 g/mol. The Bertz CT molecular complexity index is 1000. The number of nitrogens with one attached hydrogen (secondary N) is 1. The number of aryl methyl sites for hydroxylation is 1. The summed E-state index contributed by atoms with van der Waals surface area (Å²) in [4.78, 5) is 21.9. The largest absolute Gasteiger partial charge is 0.451 e. The Balaban J connectivity index is 1.50. The number of amides is 2. The van der Waals surface area contributed by atoms with Gasteiger partial charge >= 0.3 is 12.2 Å². The highest BCUT2D eigenvalue weighted by atomic mass is 19.4. The number of hydrogen-bond acceptors (Lipinski definition) is 6. The van der Waals surface area contributed by atoms with E-state index < -0.39 is 24.1 Å². The minimum Gasteiger partial charge on any atom is -0.379 e. The van der Waals surface area contributed by atoms with E-state index in [0.29, 0.717) is 25.3 Å². The van der Waals surface area contributed by atoms with Crippen molar-refractivity contribution in [2.75, 3.05) is 32.8 Å². The van der Waals surface area contributed by atoms with Crippen LogP contribution in [0.25, 0.3) is 0 Å². The first kappa shape index (κ1) is 23.1. The van der Waals surface area contributed by atoms with E-state index in [1.807, 2.05) is 31.2 Å². The quantitative estimate of drug-likeness (QED) is 0.756. The summed E-state index contributed by atoms with van der Waals surface area (Å²) >= 11 is 0. The van der Waals surface area contributed by atoms with E-state index in [1.165, 1.54) is 5.01 Å². The maximum Gasteiger partial charge on any atom is 0.451 e. The van der Waals surface area contributed by atoms with Gasteiger partial charge in [-0.05, 0) is 19.4 Å². The van der Waals surface area contributed by atoms with Gasteiger partial charge in [0, 0.05) is 31.0 Å². The molecule has 4 rings (SSSR count). The lowest BCUT2D eigenvalue weighted by Crippen LogP contribution is -2.49. The fourth-order valence-corrected chi connectivity index (χ4v) is 3.82. The molecule has 1 fully saturated rings. The topological polar surface area (TPSA) is 83.0 Å². The van der Waals surface area contributed by atoms with E-state index in [1.54, 1.807) is 6.92 Å². The molecule has 0 saturated carbocycles. The second-order valence-corrected chi connectivity index (χ2v) is 8.11. The summed E-state index contributed by atoms with van der Waals surface area (Å²) in [6, 6.07) is 6.87. The van der Waals surface area contributed by atoms with Gasteiger partial charge in [-0.2, -0.15) is 18.3 Å². The number of alkyl halides is 3. The lowest BCUT2D eigenvalue weighted by Gasteiger charge is -2.32. The van der Waals surface area contributed by atoms with E-state index >= 15 is 0 Å². The molecule has 2 amide bonds. The number of morpholine rings is 1. The van der Waals surface area contributed by atoms with Crippen molar-refractivity contribution in [1.82, 2.24) is 25.2 Å². The van der Waals surface area contributed by atoms with E-state index in [9.17, 15) is 18.0 Å². The van der Waals surface area contributed by atoms with Crippen molar-refractivity contribution in [3.05, 3.63) is 59.2 Å². The molecule has 0 radical (unpaired) electrons. The van der Waals surface area contributed by atoms with Gasteiger partial charge in [0.2, 0.25) is 5.82 Å². The number of benzene rings is 1. The third-order valence-electron chi connectivity index (χ3n) is 5.72. The minimum absolute atomic E-state index is 0.0768. The Morgan fingerprint density at radius 2 is 1.79 bits per heavy atom. The third-order valence-corrected chi connectivity index (χ3v) is 5.72. The van der Waals surface area contributed by atoms with Crippen LogP contribution in [0.3, 0.4) is 0 Å². The second kappa shape index (κ2) is 9.44. The molecule has 2 aromatic rings. The maximum atomic E-state index is 13.0. The number of hydrogen-bond donors (Lipinski definition) is 1. The van der Waals surface area contributed by atoms with Crippen LogP contribution in [-0.2, 0) is 10.9 Å². The van der Waals surface area contributed by atoms with Crippen LogP contribution in [-0.4, -0.2) is 70.5 Å². The fraction of sp³-hybridized carbons (Fsp3) is 0.455. The minimum atomic E-state index is -4.61. The second-order valence-electron chi connectivity index (χ2n) is 8.11. The first-order valence-electron chi connectivity index (χ1n) is 10.7. The smallest absolute Gasteiger partial charge is 0.379 e. The van der Waals surface area contributed by atoms with Crippen LogP contribution in [0.5, 0.6) is 0 Å². The van der Waals surface area contributed by atoms with Crippen molar-refractivity contribution in [2.24, 2.45) is 5.10 Å². The van der Waals surface area contributed by atoms with Crippen LogP contribution in [0.15, 0.2) is 41.8 Å². The van der Waals surface area contributed by atoms with Crippen LogP contribution in [0.2, 0.25) is 0 Å². The molecule has 0 bridgehead atoms. The van der Waals surface area contributed by atoms with E-state index in [-0.39, 0.29) is 6.04 Å². The summed E-state index contributed by atoms with van der Waals surface area (Å²) in [6.07, 6.45) is -2.47. The van der Waals surface area contributed by atoms with Gasteiger partial charge in [-0.25, -0.2) is 19.8 Å². The highest BCUT2D eigenvalue weighted by Crippen LogP contribution is 2.26. The molecule has 33 heavy (non-hydrogen) atoms. The zero-order valence-corrected chi connectivity index (χ0v) is 18.3. The molecule has 2 atom stereocenters. The SMILES string of the molecule is Cc1ccc(C2=NN(C(=O)NC(C)c3cnc(C(F)(F)F)nc3)C[C@H]2N2CCOCC2)cc1. The summed E-state index contributed by atoms with van der Waals surface area (Å²) in [5.74, 6) is -1.22. The van der Waals surface area contributed by atoms with E-state index in [0.717, 1.165) is 42.3 Å². The first-order valence-corrected chi connectivity index (χ1v) is 10.7. The Hall–Kier alpha value is -3.05. The van der Waals surface area contributed by atoms with E-state index in [4.69, 9.17) is 4.74 Å². The standard InChI is InChI=1S/C22H25F3N6O2/c1-14-3-5-16(6-4-14)19-18(30-7-9-33-10-8-30)13-31(29-19)21(32)28-15(2)17-11-26-20(27-12-17)22(23,24)25/h3-6,11-12,15,18H,7-10,13H2,1-2H3,(H,28,32)/t15?,18-/m1/s1. The number of ether oxygens (including phenoxy) is 1. The van der Waals surface area contributed by atoms with Gasteiger partial charge in [-0.3, -0.25) is 4.90 Å². The van der Waals surface area contributed by atoms with Gasteiger partial charge in [0.05, 0.1) is 37.6 Å². The molecule has 1 aromatic carbocycles. The predicted molar refractivity (Wildman–Crippen MR) is 115 cm³/mol. The lowest BCUT2D eigenvalue weighted by atomic mass is 10.0.